The van der Waals surface area contributed by atoms with Crippen molar-refractivity contribution in [1.29, 1.82) is 0 Å². The summed E-state index contributed by atoms with van der Waals surface area (Å²) < 4.78 is 16.4. The molecule has 1 rings (SSSR count). The summed E-state index contributed by atoms with van der Waals surface area (Å²) in [5.41, 5.74) is 2.30. The van der Waals surface area contributed by atoms with Crippen LogP contribution in [0.5, 0.6) is 0 Å². The zero-order chi connectivity index (χ0) is 17.6. The van der Waals surface area contributed by atoms with Gasteiger partial charge in [-0.1, -0.05) is 0 Å². The molecule has 0 atom stereocenters. The van der Waals surface area contributed by atoms with Crippen molar-refractivity contribution in [3.63, 3.8) is 0 Å². The number of ether oxygens (including phenoxy) is 3. The largest absolute Gasteiger partial charge is 0.469 e. The van der Waals surface area contributed by atoms with Gasteiger partial charge in [0.2, 0.25) is 0 Å². The molecule has 0 amide bonds. The third kappa shape index (κ3) is 7.30. The highest BCUT2D eigenvalue weighted by atomic mass is 127. The van der Waals surface area contributed by atoms with E-state index in [1.165, 1.54) is 7.11 Å². The smallest absolute Gasteiger partial charge is 0.332 e. The Labute approximate surface area is 150 Å². The Kier molecular flexibility index (Phi) is 7.47. The first-order valence-electron chi connectivity index (χ1n) is 7.26. The molecule has 0 unspecified atom stereocenters. The molecule has 0 fully saturated rings. The van der Waals surface area contributed by atoms with E-state index in [2.05, 4.69) is 22.6 Å². The lowest BCUT2D eigenvalue weighted by Gasteiger charge is -2.19. The Morgan fingerprint density at radius 1 is 1.13 bits per heavy atom. The molecule has 1 aromatic rings. The van der Waals surface area contributed by atoms with Crippen molar-refractivity contribution < 1.29 is 23.8 Å². The van der Waals surface area contributed by atoms with Gasteiger partial charge in [0.25, 0.3) is 0 Å². The van der Waals surface area contributed by atoms with E-state index in [0.717, 1.165) is 20.3 Å². The number of methoxy groups -OCH3 is 1. The molecular weight excluding hydrogens is 411 g/mol. The van der Waals surface area contributed by atoms with Gasteiger partial charge in [-0.2, -0.15) is 0 Å². The summed E-state index contributed by atoms with van der Waals surface area (Å²) in [4.78, 5) is 23.1. The molecule has 0 heterocycles. The van der Waals surface area contributed by atoms with Gasteiger partial charge in [-0.15, -0.1) is 0 Å². The van der Waals surface area contributed by atoms with Crippen LogP contribution in [0.2, 0.25) is 0 Å². The summed E-state index contributed by atoms with van der Waals surface area (Å²) in [6, 6.07) is 3.93. The van der Waals surface area contributed by atoms with Gasteiger partial charge in [0, 0.05) is 3.57 Å². The molecule has 0 N–H and O–H groups in total. The third-order valence-corrected chi connectivity index (χ3v) is 3.67. The van der Waals surface area contributed by atoms with Crippen molar-refractivity contribution in [2.75, 3.05) is 13.7 Å². The SMILES string of the molecule is COC(=O)Cc1cc(I)cc(COCC(=O)OC(C)(C)C)c1C. The molecule has 0 aromatic heterocycles. The lowest BCUT2D eigenvalue weighted by atomic mass is 10.0. The number of halogens is 1. The Morgan fingerprint density at radius 2 is 1.74 bits per heavy atom. The van der Waals surface area contributed by atoms with Crippen LogP contribution in [-0.2, 0) is 36.8 Å². The van der Waals surface area contributed by atoms with Crippen LogP contribution in [0.25, 0.3) is 0 Å². The minimum Gasteiger partial charge on any atom is -0.469 e. The molecule has 128 valence electrons. The summed E-state index contributed by atoms with van der Waals surface area (Å²) >= 11 is 2.19. The van der Waals surface area contributed by atoms with E-state index in [-0.39, 0.29) is 25.6 Å². The minimum absolute atomic E-state index is 0.103. The minimum atomic E-state index is -0.522. The molecule has 6 heteroatoms. The van der Waals surface area contributed by atoms with Crippen LogP contribution in [-0.4, -0.2) is 31.3 Å². The van der Waals surface area contributed by atoms with Crippen molar-refractivity contribution in [3.05, 3.63) is 32.4 Å². The number of hydrogen-bond acceptors (Lipinski definition) is 5. The maximum Gasteiger partial charge on any atom is 0.332 e. The highest BCUT2D eigenvalue weighted by molar-refractivity contribution is 14.1. The average molecular weight is 434 g/mol. The molecule has 0 radical (unpaired) electrons. The fraction of sp³-hybridized carbons (Fsp3) is 0.529. The van der Waals surface area contributed by atoms with Gasteiger partial charge in [-0.25, -0.2) is 4.79 Å². The van der Waals surface area contributed by atoms with E-state index >= 15 is 0 Å². The van der Waals surface area contributed by atoms with E-state index in [4.69, 9.17) is 14.2 Å². The second-order valence-electron chi connectivity index (χ2n) is 6.18. The third-order valence-electron chi connectivity index (χ3n) is 3.05. The number of benzene rings is 1. The van der Waals surface area contributed by atoms with Crippen LogP contribution in [0.15, 0.2) is 12.1 Å². The maximum atomic E-state index is 11.6. The van der Waals surface area contributed by atoms with E-state index in [0.29, 0.717) is 0 Å². The Morgan fingerprint density at radius 3 is 2.30 bits per heavy atom. The van der Waals surface area contributed by atoms with Gasteiger partial charge in [0.1, 0.15) is 12.2 Å². The first-order valence-corrected chi connectivity index (χ1v) is 8.34. The average Bonchev–Trinajstić information content (AvgIpc) is 2.41. The fourth-order valence-electron chi connectivity index (χ4n) is 1.97. The van der Waals surface area contributed by atoms with Gasteiger partial charge >= 0.3 is 11.9 Å². The van der Waals surface area contributed by atoms with Gasteiger partial charge in [-0.05, 0) is 79.1 Å². The van der Waals surface area contributed by atoms with Crippen molar-refractivity contribution in [2.24, 2.45) is 0 Å². The van der Waals surface area contributed by atoms with Gasteiger partial charge in [0.05, 0.1) is 20.1 Å². The van der Waals surface area contributed by atoms with E-state index in [9.17, 15) is 9.59 Å². The van der Waals surface area contributed by atoms with Crippen molar-refractivity contribution in [3.8, 4) is 0 Å². The van der Waals surface area contributed by atoms with Crippen LogP contribution in [0.4, 0.5) is 0 Å². The first kappa shape index (κ1) is 19.9. The molecule has 0 aliphatic rings. The normalized spacial score (nSPS) is 11.2. The lowest BCUT2D eigenvalue weighted by molar-refractivity contribution is -0.160. The zero-order valence-electron chi connectivity index (χ0n) is 14.2. The summed E-state index contributed by atoms with van der Waals surface area (Å²) in [5, 5.41) is 0. The highest BCUT2D eigenvalue weighted by Gasteiger charge is 2.16. The maximum absolute atomic E-state index is 11.6. The number of rotatable bonds is 6. The predicted molar refractivity (Wildman–Crippen MR) is 95.1 cm³/mol. The summed E-state index contributed by atoms with van der Waals surface area (Å²) in [7, 11) is 1.37. The summed E-state index contributed by atoms with van der Waals surface area (Å²) in [6.07, 6.45) is 0.220. The number of carbonyl (C=O) groups is 2. The highest BCUT2D eigenvalue weighted by Crippen LogP contribution is 2.20. The molecule has 0 aliphatic heterocycles. The van der Waals surface area contributed by atoms with Crippen LogP contribution in [0.1, 0.15) is 37.5 Å². The zero-order valence-corrected chi connectivity index (χ0v) is 16.4. The Balaban J connectivity index is 2.70. The molecule has 0 saturated heterocycles. The van der Waals surface area contributed by atoms with Crippen LogP contribution < -0.4 is 0 Å². The van der Waals surface area contributed by atoms with Crippen molar-refractivity contribution in [1.82, 2.24) is 0 Å². The lowest BCUT2D eigenvalue weighted by Crippen LogP contribution is -2.26. The topological polar surface area (TPSA) is 61.8 Å². The Bertz CT molecular complexity index is 575. The van der Waals surface area contributed by atoms with Crippen LogP contribution in [0, 0.1) is 10.5 Å². The van der Waals surface area contributed by atoms with Crippen LogP contribution in [0.3, 0.4) is 0 Å². The summed E-state index contributed by atoms with van der Waals surface area (Å²) in [5.74, 6) is -0.675. The monoisotopic (exact) mass is 434 g/mol. The second-order valence-corrected chi connectivity index (χ2v) is 7.43. The molecular formula is C17H23IO5. The van der Waals surface area contributed by atoms with E-state index in [1.54, 1.807) is 0 Å². The molecule has 1 aromatic carbocycles. The quantitative estimate of drug-likeness (QED) is 0.509. The first-order chi connectivity index (χ1) is 10.6. The second kappa shape index (κ2) is 8.63. The van der Waals surface area contributed by atoms with Gasteiger partial charge in [-0.3, -0.25) is 4.79 Å². The number of carbonyl (C=O) groups excluding carboxylic acids is 2. The summed E-state index contributed by atoms with van der Waals surface area (Å²) in [6.45, 7) is 7.56. The molecule has 0 saturated carbocycles. The fourth-order valence-corrected chi connectivity index (χ4v) is 2.73. The Hall–Kier alpha value is -1.15. The van der Waals surface area contributed by atoms with E-state index in [1.807, 2.05) is 39.8 Å². The van der Waals surface area contributed by atoms with Crippen LogP contribution >= 0.6 is 22.6 Å². The van der Waals surface area contributed by atoms with Crippen molar-refractivity contribution >= 4 is 34.5 Å². The van der Waals surface area contributed by atoms with Crippen molar-refractivity contribution in [2.45, 2.75) is 46.3 Å². The van der Waals surface area contributed by atoms with Gasteiger partial charge in [0.15, 0.2) is 0 Å². The predicted octanol–water partition coefficient (Wildman–Crippen LogP) is 3.17. The molecule has 23 heavy (non-hydrogen) atoms. The van der Waals surface area contributed by atoms with E-state index < -0.39 is 11.6 Å². The standard InChI is InChI=1S/C17H23IO5/c1-11-12(8-15(19)21-5)6-14(18)7-13(11)9-22-10-16(20)23-17(2,3)4/h6-7H,8-10H2,1-5H3. The molecule has 0 aliphatic carbocycles. The molecule has 0 bridgehead atoms. The van der Waals surface area contributed by atoms with Gasteiger partial charge < -0.3 is 14.2 Å². The number of hydrogen-bond donors (Lipinski definition) is 0. The molecule has 5 nitrogen and oxygen atoms in total. The molecule has 0 spiro atoms. The number of esters is 2.